The van der Waals surface area contributed by atoms with Crippen LogP contribution in [0.4, 0.5) is 5.00 Å². The third kappa shape index (κ3) is 2.49. The summed E-state index contributed by atoms with van der Waals surface area (Å²) in [6.07, 6.45) is 2.75. The van der Waals surface area contributed by atoms with E-state index in [-0.39, 0.29) is 5.91 Å². The Bertz CT molecular complexity index is 723. The van der Waals surface area contributed by atoms with E-state index in [1.807, 2.05) is 18.2 Å². The molecule has 3 nitrogen and oxygen atoms in total. The summed E-state index contributed by atoms with van der Waals surface area (Å²) in [5, 5.41) is 1.52. The van der Waals surface area contributed by atoms with Gasteiger partial charge in [0.15, 0.2) is 6.04 Å². The number of benzene rings is 1. The van der Waals surface area contributed by atoms with Crippen LogP contribution in [0.15, 0.2) is 35.3 Å². The normalized spacial score (nSPS) is 17.8. The lowest BCUT2D eigenvalue weighted by atomic mass is 10.1. The van der Waals surface area contributed by atoms with Gasteiger partial charge in [0, 0.05) is 34.3 Å². The number of rotatable bonds is 2. The van der Waals surface area contributed by atoms with E-state index in [0.29, 0.717) is 5.02 Å². The van der Waals surface area contributed by atoms with Crippen LogP contribution < -0.4 is 4.90 Å². The maximum Gasteiger partial charge on any atom is 0.256 e. The zero-order valence-electron chi connectivity index (χ0n) is 11.8. The van der Waals surface area contributed by atoms with Gasteiger partial charge in [-0.15, -0.1) is 11.3 Å². The van der Waals surface area contributed by atoms with Crippen LogP contribution >= 0.6 is 22.9 Å². The van der Waals surface area contributed by atoms with E-state index in [0.717, 1.165) is 22.5 Å². The molecule has 2 heterocycles. The van der Waals surface area contributed by atoms with Gasteiger partial charge in [0.25, 0.3) is 5.91 Å². The van der Waals surface area contributed by atoms with Crippen molar-refractivity contribution in [2.75, 3.05) is 11.9 Å². The lowest BCUT2D eigenvalue weighted by molar-refractivity contribution is -0.119. The average molecular weight is 319 g/mol. The predicted molar refractivity (Wildman–Crippen MR) is 88.9 cm³/mol. The van der Waals surface area contributed by atoms with Crippen LogP contribution in [0.2, 0.25) is 5.02 Å². The van der Waals surface area contributed by atoms with Gasteiger partial charge in [-0.25, -0.2) is 0 Å². The Morgan fingerprint density at radius 3 is 2.86 bits per heavy atom. The number of hydrogen-bond donors (Lipinski definition) is 0. The predicted octanol–water partition coefficient (Wildman–Crippen LogP) is 4.10. The Hall–Kier alpha value is -1.65. The molecule has 0 fully saturated rings. The number of amides is 1. The molecule has 1 atom stereocenters. The monoisotopic (exact) mass is 318 g/mol. The SMILES string of the molecule is CCc1cc2c(s1)N(C)C(=O)C(c1ccccc1Cl)N=C2. The summed E-state index contributed by atoms with van der Waals surface area (Å²) in [5.74, 6) is -0.0531. The number of aryl methyl sites for hydroxylation is 1. The van der Waals surface area contributed by atoms with Gasteiger partial charge in [-0.1, -0.05) is 36.7 Å². The van der Waals surface area contributed by atoms with E-state index in [1.165, 1.54) is 4.88 Å². The number of anilines is 1. The van der Waals surface area contributed by atoms with Gasteiger partial charge in [0.2, 0.25) is 0 Å². The lowest BCUT2D eigenvalue weighted by Gasteiger charge is -2.19. The molecule has 1 aromatic carbocycles. The number of likely N-dealkylation sites (N-methyl/N-ethyl adjacent to an activating group) is 1. The highest BCUT2D eigenvalue weighted by Gasteiger charge is 2.29. The molecule has 21 heavy (non-hydrogen) atoms. The van der Waals surface area contributed by atoms with Crippen LogP contribution in [0.3, 0.4) is 0 Å². The molecule has 3 rings (SSSR count). The van der Waals surface area contributed by atoms with E-state index in [1.54, 1.807) is 35.6 Å². The van der Waals surface area contributed by atoms with Gasteiger partial charge in [0.05, 0.1) is 0 Å². The zero-order chi connectivity index (χ0) is 15.0. The highest BCUT2D eigenvalue weighted by Crippen LogP contribution is 2.36. The molecule has 2 aromatic rings. The highest BCUT2D eigenvalue weighted by molar-refractivity contribution is 7.16. The molecule has 0 N–H and O–H groups in total. The van der Waals surface area contributed by atoms with Crippen LogP contribution in [-0.4, -0.2) is 19.2 Å². The van der Waals surface area contributed by atoms with Crippen LogP contribution in [0.5, 0.6) is 0 Å². The molecule has 1 unspecified atom stereocenters. The summed E-state index contributed by atoms with van der Waals surface area (Å²) in [7, 11) is 1.80. The number of fused-ring (bicyclic) bond motifs is 1. The third-order valence-electron chi connectivity index (χ3n) is 3.57. The molecule has 1 amide bonds. The van der Waals surface area contributed by atoms with E-state index in [9.17, 15) is 4.79 Å². The fourth-order valence-electron chi connectivity index (χ4n) is 2.39. The number of thiophene rings is 1. The molecule has 0 saturated carbocycles. The number of carbonyl (C=O) groups is 1. The minimum Gasteiger partial charge on any atom is -0.304 e. The van der Waals surface area contributed by atoms with Gasteiger partial charge in [-0.2, -0.15) is 0 Å². The first-order chi connectivity index (χ1) is 10.1. The van der Waals surface area contributed by atoms with Crippen molar-refractivity contribution in [1.29, 1.82) is 0 Å². The molecule has 1 aromatic heterocycles. The van der Waals surface area contributed by atoms with Crippen molar-refractivity contribution >= 4 is 40.1 Å². The Morgan fingerprint density at radius 2 is 2.14 bits per heavy atom. The summed E-state index contributed by atoms with van der Waals surface area (Å²) >= 11 is 7.86. The second-order valence-corrected chi connectivity index (χ2v) is 6.45. The van der Waals surface area contributed by atoms with Crippen molar-refractivity contribution < 1.29 is 4.79 Å². The van der Waals surface area contributed by atoms with E-state index in [4.69, 9.17) is 11.6 Å². The summed E-state index contributed by atoms with van der Waals surface area (Å²) in [6, 6.07) is 8.89. The van der Waals surface area contributed by atoms with Crippen molar-refractivity contribution in [3.8, 4) is 0 Å². The molecule has 0 bridgehead atoms. The van der Waals surface area contributed by atoms with E-state index < -0.39 is 6.04 Å². The second-order valence-electron chi connectivity index (χ2n) is 4.93. The quantitative estimate of drug-likeness (QED) is 0.820. The molecule has 108 valence electrons. The summed E-state index contributed by atoms with van der Waals surface area (Å²) in [6.45, 7) is 2.11. The molecule has 0 radical (unpaired) electrons. The van der Waals surface area contributed by atoms with Gasteiger partial charge in [0.1, 0.15) is 5.00 Å². The minimum absolute atomic E-state index is 0.0531. The minimum atomic E-state index is -0.576. The average Bonchev–Trinajstić information content (AvgIpc) is 2.87. The maximum atomic E-state index is 12.7. The summed E-state index contributed by atoms with van der Waals surface area (Å²) in [5.41, 5.74) is 1.75. The molecule has 0 spiro atoms. The Kier molecular flexibility index (Phi) is 3.83. The first kappa shape index (κ1) is 14.3. The molecule has 0 aliphatic carbocycles. The fourth-order valence-corrected chi connectivity index (χ4v) is 3.66. The fraction of sp³-hybridized carbons (Fsp3) is 0.250. The highest BCUT2D eigenvalue weighted by atomic mass is 35.5. The van der Waals surface area contributed by atoms with Crippen molar-refractivity contribution in [2.45, 2.75) is 19.4 Å². The number of aliphatic imine (C=N–C) groups is 1. The molecule has 5 heteroatoms. The van der Waals surface area contributed by atoms with Crippen LogP contribution in [-0.2, 0) is 11.2 Å². The Labute approximate surface area is 132 Å². The molecule has 1 aliphatic heterocycles. The van der Waals surface area contributed by atoms with Crippen LogP contribution in [0.1, 0.15) is 29.0 Å². The first-order valence-corrected chi connectivity index (χ1v) is 7.99. The maximum absolute atomic E-state index is 12.7. The molecule has 1 aliphatic rings. The number of carbonyl (C=O) groups excluding carboxylic acids is 1. The smallest absolute Gasteiger partial charge is 0.256 e. The summed E-state index contributed by atoms with van der Waals surface area (Å²) in [4.78, 5) is 20.1. The Morgan fingerprint density at radius 1 is 1.38 bits per heavy atom. The second kappa shape index (κ2) is 5.62. The van der Waals surface area contributed by atoms with Gasteiger partial charge in [-0.3, -0.25) is 9.79 Å². The van der Waals surface area contributed by atoms with Crippen molar-refractivity contribution in [2.24, 2.45) is 4.99 Å². The lowest BCUT2D eigenvalue weighted by Crippen LogP contribution is -2.29. The van der Waals surface area contributed by atoms with Crippen molar-refractivity contribution in [3.05, 3.63) is 51.4 Å². The van der Waals surface area contributed by atoms with Gasteiger partial charge < -0.3 is 4.90 Å². The van der Waals surface area contributed by atoms with Gasteiger partial charge in [-0.05, 0) is 18.6 Å². The first-order valence-electron chi connectivity index (χ1n) is 6.79. The van der Waals surface area contributed by atoms with Crippen LogP contribution in [0.25, 0.3) is 0 Å². The third-order valence-corrected chi connectivity index (χ3v) is 5.29. The van der Waals surface area contributed by atoms with Crippen molar-refractivity contribution in [3.63, 3.8) is 0 Å². The number of halogens is 1. The van der Waals surface area contributed by atoms with Gasteiger partial charge >= 0.3 is 0 Å². The Balaban J connectivity index is 2.06. The number of nitrogens with zero attached hydrogens (tertiary/aromatic N) is 2. The molecule has 0 saturated heterocycles. The summed E-state index contributed by atoms with van der Waals surface area (Å²) < 4.78 is 0. The largest absolute Gasteiger partial charge is 0.304 e. The zero-order valence-corrected chi connectivity index (χ0v) is 13.4. The topological polar surface area (TPSA) is 32.7 Å². The van der Waals surface area contributed by atoms with E-state index in [2.05, 4.69) is 18.0 Å². The number of hydrogen-bond acceptors (Lipinski definition) is 3. The van der Waals surface area contributed by atoms with E-state index >= 15 is 0 Å². The molecular formula is C16H15ClN2OS. The standard InChI is InChI=1S/C16H15ClN2OS/c1-3-11-8-10-9-18-14(12-6-4-5-7-13(12)17)15(20)19(2)16(10)21-11/h4-9,14H,3H2,1-2H3. The van der Waals surface area contributed by atoms with Crippen molar-refractivity contribution in [1.82, 2.24) is 0 Å². The molecular weight excluding hydrogens is 304 g/mol. The van der Waals surface area contributed by atoms with Crippen LogP contribution in [0, 0.1) is 0 Å².